The predicted molar refractivity (Wildman–Crippen MR) is 49.6 cm³/mol. The second-order valence-corrected chi connectivity index (χ2v) is 2.83. The van der Waals surface area contributed by atoms with Crippen molar-refractivity contribution in [3.8, 4) is 0 Å². The maximum atomic E-state index is 10.3. The summed E-state index contributed by atoms with van der Waals surface area (Å²) < 4.78 is 0. The molecule has 0 aromatic heterocycles. The monoisotopic (exact) mass is 202 g/mol. The fourth-order valence-electron chi connectivity index (χ4n) is 0.687. The van der Waals surface area contributed by atoms with Gasteiger partial charge >= 0.3 is 11.9 Å². The maximum Gasteiger partial charge on any atom is 0.320 e. The summed E-state index contributed by atoms with van der Waals surface area (Å²) >= 11 is 0. The third kappa shape index (κ3) is 5.28. The molecule has 0 rings (SSSR count). The molecule has 0 bridgehead atoms. The maximum absolute atomic E-state index is 10.3. The third-order valence-corrected chi connectivity index (χ3v) is 1.58. The topological polar surface area (TPSA) is 127 Å². The van der Waals surface area contributed by atoms with Crippen molar-refractivity contribution in [2.75, 3.05) is 0 Å². The molecule has 0 aliphatic carbocycles. The second-order valence-electron chi connectivity index (χ2n) is 2.83. The quantitative estimate of drug-likeness (QED) is 0.415. The van der Waals surface area contributed by atoms with Gasteiger partial charge in [0.2, 0.25) is 0 Å². The van der Waals surface area contributed by atoms with Gasteiger partial charge in [-0.05, 0) is 12.8 Å². The summed E-state index contributed by atoms with van der Waals surface area (Å²) in [7, 11) is 0. The Balaban J connectivity index is 3.74. The van der Waals surface area contributed by atoms with Gasteiger partial charge < -0.3 is 21.7 Å². The van der Waals surface area contributed by atoms with Crippen LogP contribution in [0.15, 0.2) is 12.2 Å². The second kappa shape index (κ2) is 6.11. The van der Waals surface area contributed by atoms with Crippen LogP contribution in [0.4, 0.5) is 0 Å². The van der Waals surface area contributed by atoms with E-state index in [4.69, 9.17) is 21.7 Å². The van der Waals surface area contributed by atoms with E-state index in [9.17, 15) is 9.59 Å². The SMILES string of the molecule is N[C@@H](C/C=C\C[C@H](N)C(=O)O)C(=O)O. The highest BCUT2D eigenvalue weighted by Gasteiger charge is 2.10. The molecule has 6 nitrogen and oxygen atoms in total. The Morgan fingerprint density at radius 3 is 1.50 bits per heavy atom. The lowest BCUT2D eigenvalue weighted by atomic mass is 10.1. The molecule has 0 fully saturated rings. The normalized spacial score (nSPS) is 15.3. The molecule has 0 radical (unpaired) electrons. The van der Waals surface area contributed by atoms with Crippen LogP contribution in [0.25, 0.3) is 0 Å². The highest BCUT2D eigenvalue weighted by molar-refractivity contribution is 5.73. The van der Waals surface area contributed by atoms with Crippen LogP contribution in [-0.2, 0) is 9.59 Å². The summed E-state index contributed by atoms with van der Waals surface area (Å²) in [6.07, 6.45) is 3.37. The van der Waals surface area contributed by atoms with E-state index in [1.54, 1.807) is 0 Å². The summed E-state index contributed by atoms with van der Waals surface area (Å²) in [6.45, 7) is 0. The van der Waals surface area contributed by atoms with E-state index in [1.807, 2.05) is 0 Å². The number of carboxylic acid groups (broad SMARTS) is 2. The lowest BCUT2D eigenvalue weighted by Gasteiger charge is -2.02. The summed E-state index contributed by atoms with van der Waals surface area (Å²) in [6, 6.07) is -1.90. The molecule has 2 atom stereocenters. The van der Waals surface area contributed by atoms with E-state index < -0.39 is 24.0 Å². The molecular formula is C8H14N2O4. The van der Waals surface area contributed by atoms with Crippen LogP contribution < -0.4 is 11.5 Å². The largest absolute Gasteiger partial charge is 0.480 e. The molecule has 6 heteroatoms. The van der Waals surface area contributed by atoms with Crippen molar-refractivity contribution in [3.63, 3.8) is 0 Å². The first-order valence-corrected chi connectivity index (χ1v) is 4.07. The zero-order valence-corrected chi connectivity index (χ0v) is 7.59. The minimum Gasteiger partial charge on any atom is -0.480 e. The van der Waals surface area contributed by atoms with Gasteiger partial charge in [-0.15, -0.1) is 0 Å². The van der Waals surface area contributed by atoms with Crippen LogP contribution in [0.2, 0.25) is 0 Å². The van der Waals surface area contributed by atoms with Crippen LogP contribution in [0.1, 0.15) is 12.8 Å². The lowest BCUT2D eigenvalue weighted by molar-refractivity contribution is -0.139. The highest BCUT2D eigenvalue weighted by Crippen LogP contribution is 1.95. The molecule has 0 aromatic carbocycles. The van der Waals surface area contributed by atoms with Crippen molar-refractivity contribution < 1.29 is 19.8 Å². The van der Waals surface area contributed by atoms with Gasteiger partial charge in [0.15, 0.2) is 0 Å². The fourth-order valence-corrected chi connectivity index (χ4v) is 0.687. The number of carbonyl (C=O) groups is 2. The Morgan fingerprint density at radius 1 is 1.00 bits per heavy atom. The van der Waals surface area contributed by atoms with Gasteiger partial charge in [-0.3, -0.25) is 9.59 Å². The van der Waals surface area contributed by atoms with E-state index in [0.717, 1.165) is 0 Å². The van der Waals surface area contributed by atoms with Gasteiger partial charge in [0.25, 0.3) is 0 Å². The van der Waals surface area contributed by atoms with E-state index in [1.165, 1.54) is 12.2 Å². The first-order chi connectivity index (χ1) is 6.45. The molecule has 0 unspecified atom stereocenters. The van der Waals surface area contributed by atoms with Crippen molar-refractivity contribution >= 4 is 11.9 Å². The van der Waals surface area contributed by atoms with Crippen LogP contribution >= 0.6 is 0 Å². The Bertz CT molecular complexity index is 215. The van der Waals surface area contributed by atoms with E-state index in [-0.39, 0.29) is 12.8 Å². The minimum atomic E-state index is -1.09. The van der Waals surface area contributed by atoms with E-state index >= 15 is 0 Å². The predicted octanol–water partition coefficient (Wildman–Crippen LogP) is -0.853. The number of rotatable bonds is 6. The summed E-state index contributed by atoms with van der Waals surface area (Å²) in [5, 5.41) is 16.8. The zero-order valence-electron chi connectivity index (χ0n) is 7.59. The van der Waals surface area contributed by atoms with Crippen molar-refractivity contribution in [1.29, 1.82) is 0 Å². The van der Waals surface area contributed by atoms with Gasteiger partial charge in [-0.1, -0.05) is 12.2 Å². The molecule has 0 saturated heterocycles. The van der Waals surface area contributed by atoms with Gasteiger partial charge in [0.1, 0.15) is 12.1 Å². The molecule has 0 saturated carbocycles. The minimum absolute atomic E-state index is 0.168. The average molecular weight is 202 g/mol. The average Bonchev–Trinajstić information content (AvgIpc) is 2.11. The number of carboxylic acids is 2. The molecular weight excluding hydrogens is 188 g/mol. The van der Waals surface area contributed by atoms with Crippen molar-refractivity contribution in [2.24, 2.45) is 11.5 Å². The molecule has 0 heterocycles. The standard InChI is InChI=1S/C8H14N2O4/c9-5(7(11)12)3-1-2-4-6(10)8(13)14/h1-2,5-6H,3-4,9-10H2,(H,11,12)(H,13,14)/b2-1-/t5-,6-/m0/s1. The van der Waals surface area contributed by atoms with Crippen LogP contribution in [0, 0.1) is 0 Å². The lowest BCUT2D eigenvalue weighted by Crippen LogP contribution is -2.30. The van der Waals surface area contributed by atoms with Gasteiger partial charge in [-0.25, -0.2) is 0 Å². The van der Waals surface area contributed by atoms with Crippen molar-refractivity contribution in [3.05, 3.63) is 12.2 Å². The van der Waals surface area contributed by atoms with Crippen molar-refractivity contribution in [2.45, 2.75) is 24.9 Å². The number of hydrogen-bond donors (Lipinski definition) is 4. The Kier molecular flexibility index (Phi) is 5.50. The molecule has 0 aliphatic heterocycles. The zero-order chi connectivity index (χ0) is 11.1. The third-order valence-electron chi connectivity index (χ3n) is 1.58. The molecule has 80 valence electrons. The van der Waals surface area contributed by atoms with Crippen LogP contribution in [-0.4, -0.2) is 34.2 Å². The summed E-state index contributed by atoms with van der Waals surface area (Å²) in [5.41, 5.74) is 10.4. The van der Waals surface area contributed by atoms with Gasteiger partial charge in [-0.2, -0.15) is 0 Å². The smallest absolute Gasteiger partial charge is 0.320 e. The van der Waals surface area contributed by atoms with E-state index in [2.05, 4.69) is 0 Å². The first kappa shape index (κ1) is 12.6. The van der Waals surface area contributed by atoms with E-state index in [0.29, 0.717) is 0 Å². The highest BCUT2D eigenvalue weighted by atomic mass is 16.4. The number of hydrogen-bond acceptors (Lipinski definition) is 4. The van der Waals surface area contributed by atoms with Crippen LogP contribution in [0.3, 0.4) is 0 Å². The van der Waals surface area contributed by atoms with Gasteiger partial charge in [0, 0.05) is 0 Å². The molecule has 0 amide bonds. The fraction of sp³-hybridized carbons (Fsp3) is 0.500. The molecule has 14 heavy (non-hydrogen) atoms. The molecule has 0 spiro atoms. The summed E-state index contributed by atoms with van der Waals surface area (Å²) in [4.78, 5) is 20.5. The summed E-state index contributed by atoms with van der Waals surface area (Å²) in [5.74, 6) is -2.17. The van der Waals surface area contributed by atoms with Crippen LogP contribution in [0.5, 0.6) is 0 Å². The number of aliphatic carboxylic acids is 2. The van der Waals surface area contributed by atoms with Crippen molar-refractivity contribution in [1.82, 2.24) is 0 Å². The first-order valence-electron chi connectivity index (χ1n) is 4.07. The molecule has 6 N–H and O–H groups in total. The Hall–Kier alpha value is -1.40. The molecule has 0 aliphatic rings. The Labute approximate surface area is 81.2 Å². The van der Waals surface area contributed by atoms with Gasteiger partial charge in [0.05, 0.1) is 0 Å². The number of nitrogens with two attached hydrogens (primary N) is 2. The molecule has 0 aromatic rings. The Morgan fingerprint density at radius 2 is 1.29 bits per heavy atom.